The second kappa shape index (κ2) is 6.51. The second-order valence-corrected chi connectivity index (χ2v) is 5.63. The summed E-state index contributed by atoms with van der Waals surface area (Å²) in [7, 11) is 1.36. The number of aliphatic hydroxyl groups excluding tert-OH is 1. The molecule has 1 aromatic carbocycles. The molecular weight excluding hydrogens is 354 g/mol. The molecule has 0 saturated heterocycles. The largest absolute Gasteiger partial charge is 0.493 e. The molecule has 108 valence electrons. The third kappa shape index (κ3) is 3.28. The van der Waals surface area contributed by atoms with Crippen LogP contribution in [0.3, 0.4) is 0 Å². The Morgan fingerprint density at radius 3 is 2.55 bits per heavy atom. The Labute approximate surface area is 126 Å². The summed E-state index contributed by atoms with van der Waals surface area (Å²) in [6, 6.07) is 6.25. The number of rotatable bonds is 5. The highest BCUT2D eigenvalue weighted by molar-refractivity contribution is 9.10. The predicted octanol–water partition coefficient (Wildman–Crippen LogP) is 4.20. The van der Waals surface area contributed by atoms with Crippen LogP contribution < -0.4 is 9.47 Å². The zero-order valence-electron chi connectivity index (χ0n) is 10.3. The Hall–Kier alpha value is -1.18. The summed E-state index contributed by atoms with van der Waals surface area (Å²) in [5.41, 5.74) is 0.449. The average molecular weight is 365 g/mol. The first kappa shape index (κ1) is 15.2. The number of alkyl halides is 2. The lowest BCUT2D eigenvalue weighted by Crippen LogP contribution is -2.05. The van der Waals surface area contributed by atoms with Gasteiger partial charge in [-0.2, -0.15) is 8.78 Å². The van der Waals surface area contributed by atoms with E-state index in [4.69, 9.17) is 4.74 Å². The summed E-state index contributed by atoms with van der Waals surface area (Å²) in [4.78, 5) is 0.693. The number of benzene rings is 1. The van der Waals surface area contributed by atoms with E-state index < -0.39 is 12.7 Å². The van der Waals surface area contributed by atoms with Gasteiger partial charge in [-0.15, -0.1) is 11.3 Å². The molecule has 1 N–H and O–H groups in total. The van der Waals surface area contributed by atoms with Crippen LogP contribution in [0.5, 0.6) is 11.5 Å². The van der Waals surface area contributed by atoms with Crippen molar-refractivity contribution in [3.05, 3.63) is 44.6 Å². The van der Waals surface area contributed by atoms with Crippen molar-refractivity contribution in [1.82, 2.24) is 0 Å². The summed E-state index contributed by atoms with van der Waals surface area (Å²) in [6.07, 6.45) is -0.921. The molecule has 0 fully saturated rings. The van der Waals surface area contributed by atoms with Gasteiger partial charge in [0, 0.05) is 4.47 Å². The molecule has 1 unspecified atom stereocenters. The van der Waals surface area contributed by atoms with Crippen molar-refractivity contribution in [2.24, 2.45) is 0 Å². The quantitative estimate of drug-likeness (QED) is 0.863. The first-order valence-electron chi connectivity index (χ1n) is 5.56. The molecule has 0 amide bonds. The number of methoxy groups -OCH3 is 1. The minimum Gasteiger partial charge on any atom is -0.493 e. The van der Waals surface area contributed by atoms with Gasteiger partial charge in [0.2, 0.25) is 0 Å². The molecule has 3 nitrogen and oxygen atoms in total. The fourth-order valence-electron chi connectivity index (χ4n) is 1.70. The van der Waals surface area contributed by atoms with E-state index in [0.717, 1.165) is 4.47 Å². The first-order valence-corrected chi connectivity index (χ1v) is 7.24. The Bertz CT molecular complexity index is 589. The number of hydrogen-bond acceptors (Lipinski definition) is 4. The van der Waals surface area contributed by atoms with E-state index in [1.54, 1.807) is 6.07 Å². The van der Waals surface area contributed by atoms with Crippen molar-refractivity contribution >= 4 is 27.3 Å². The zero-order chi connectivity index (χ0) is 14.7. The average Bonchev–Trinajstić information content (AvgIpc) is 2.83. The SMILES string of the molecule is COc1ccc(C(O)c2sccc2Br)cc1OC(F)F. The van der Waals surface area contributed by atoms with E-state index in [9.17, 15) is 13.9 Å². The molecule has 0 spiro atoms. The number of hydrogen-bond donors (Lipinski definition) is 1. The van der Waals surface area contributed by atoms with Gasteiger partial charge < -0.3 is 14.6 Å². The van der Waals surface area contributed by atoms with E-state index in [2.05, 4.69) is 20.7 Å². The van der Waals surface area contributed by atoms with Crippen LogP contribution in [0.25, 0.3) is 0 Å². The van der Waals surface area contributed by atoms with Crippen LogP contribution in [0.4, 0.5) is 8.78 Å². The van der Waals surface area contributed by atoms with Crippen LogP contribution in [-0.4, -0.2) is 18.8 Å². The summed E-state index contributed by atoms with van der Waals surface area (Å²) in [6.45, 7) is -2.95. The second-order valence-electron chi connectivity index (χ2n) is 3.82. The molecule has 7 heteroatoms. The van der Waals surface area contributed by atoms with Crippen molar-refractivity contribution in [2.75, 3.05) is 7.11 Å². The van der Waals surface area contributed by atoms with Crippen molar-refractivity contribution < 1.29 is 23.4 Å². The zero-order valence-corrected chi connectivity index (χ0v) is 12.7. The molecule has 0 aliphatic carbocycles. The molecule has 2 rings (SSSR count). The number of halogens is 3. The van der Waals surface area contributed by atoms with E-state index >= 15 is 0 Å². The Morgan fingerprint density at radius 1 is 1.25 bits per heavy atom. The van der Waals surface area contributed by atoms with Gasteiger partial charge in [-0.25, -0.2) is 0 Å². The van der Waals surface area contributed by atoms with E-state index in [1.807, 2.05) is 11.4 Å². The maximum absolute atomic E-state index is 12.4. The third-order valence-corrected chi connectivity index (χ3v) is 4.54. The first-order chi connectivity index (χ1) is 9.52. The Morgan fingerprint density at radius 2 is 2.00 bits per heavy atom. The van der Waals surface area contributed by atoms with Gasteiger partial charge in [-0.3, -0.25) is 0 Å². The van der Waals surface area contributed by atoms with Gasteiger partial charge >= 0.3 is 6.61 Å². The van der Waals surface area contributed by atoms with Crippen LogP contribution >= 0.6 is 27.3 Å². The third-order valence-electron chi connectivity index (χ3n) is 2.61. The van der Waals surface area contributed by atoms with Crippen molar-refractivity contribution in [3.63, 3.8) is 0 Å². The van der Waals surface area contributed by atoms with Crippen molar-refractivity contribution in [2.45, 2.75) is 12.7 Å². The maximum Gasteiger partial charge on any atom is 0.387 e. The lowest BCUT2D eigenvalue weighted by Gasteiger charge is -2.14. The maximum atomic E-state index is 12.4. The molecule has 0 bridgehead atoms. The van der Waals surface area contributed by atoms with Crippen LogP contribution in [0.1, 0.15) is 16.5 Å². The van der Waals surface area contributed by atoms with Crippen molar-refractivity contribution in [3.8, 4) is 11.5 Å². The number of thiophene rings is 1. The Kier molecular flexibility index (Phi) is 4.95. The fourth-order valence-corrected chi connectivity index (χ4v) is 3.30. The minimum absolute atomic E-state index is 0.105. The summed E-state index contributed by atoms with van der Waals surface area (Å²) in [5, 5.41) is 12.1. The molecule has 2 aromatic rings. The van der Waals surface area contributed by atoms with Crippen LogP contribution in [0, 0.1) is 0 Å². The van der Waals surface area contributed by atoms with Gasteiger partial charge in [0.05, 0.1) is 12.0 Å². The van der Waals surface area contributed by atoms with E-state index in [0.29, 0.717) is 10.4 Å². The topological polar surface area (TPSA) is 38.7 Å². The van der Waals surface area contributed by atoms with Crippen LogP contribution in [0.2, 0.25) is 0 Å². The number of ether oxygens (including phenoxy) is 2. The van der Waals surface area contributed by atoms with Crippen molar-refractivity contribution in [1.29, 1.82) is 0 Å². The monoisotopic (exact) mass is 364 g/mol. The summed E-state index contributed by atoms with van der Waals surface area (Å²) < 4.78 is 34.8. The molecule has 0 saturated carbocycles. The van der Waals surface area contributed by atoms with Gasteiger partial charge in [-0.1, -0.05) is 6.07 Å². The molecule has 1 atom stereocenters. The van der Waals surface area contributed by atoms with E-state index in [-0.39, 0.29) is 11.5 Å². The highest BCUT2D eigenvalue weighted by atomic mass is 79.9. The molecular formula is C13H11BrF2O3S. The lowest BCUT2D eigenvalue weighted by atomic mass is 10.1. The molecule has 1 heterocycles. The summed E-state index contributed by atoms with van der Waals surface area (Å²) >= 11 is 4.69. The molecule has 20 heavy (non-hydrogen) atoms. The summed E-state index contributed by atoms with van der Waals surface area (Å²) in [5.74, 6) is 0.0817. The molecule has 0 aliphatic rings. The highest BCUT2D eigenvalue weighted by Crippen LogP contribution is 2.37. The normalized spacial score (nSPS) is 12.5. The van der Waals surface area contributed by atoms with Gasteiger partial charge in [0.1, 0.15) is 6.10 Å². The molecule has 1 aromatic heterocycles. The van der Waals surface area contributed by atoms with Gasteiger partial charge in [-0.05, 0) is 45.1 Å². The standard InChI is InChI=1S/C13H11BrF2O3S/c1-18-9-3-2-7(6-10(9)19-13(15)16)11(17)12-8(14)4-5-20-12/h2-6,11,13,17H,1H3. The Balaban J connectivity index is 2.35. The van der Waals surface area contributed by atoms with Gasteiger partial charge in [0.15, 0.2) is 11.5 Å². The lowest BCUT2D eigenvalue weighted by molar-refractivity contribution is -0.0513. The smallest absolute Gasteiger partial charge is 0.387 e. The minimum atomic E-state index is -2.95. The highest BCUT2D eigenvalue weighted by Gasteiger charge is 2.18. The number of aliphatic hydroxyl groups is 1. The molecule has 0 radical (unpaired) electrons. The van der Waals surface area contributed by atoms with Crippen LogP contribution in [0.15, 0.2) is 34.1 Å². The van der Waals surface area contributed by atoms with Crippen LogP contribution in [-0.2, 0) is 0 Å². The van der Waals surface area contributed by atoms with Gasteiger partial charge in [0.25, 0.3) is 0 Å². The predicted molar refractivity (Wildman–Crippen MR) is 75.7 cm³/mol. The fraction of sp³-hybridized carbons (Fsp3) is 0.231. The molecule has 0 aliphatic heterocycles. The van der Waals surface area contributed by atoms with E-state index in [1.165, 1.54) is 30.6 Å².